The first kappa shape index (κ1) is 6.39. The van der Waals surface area contributed by atoms with Crippen molar-refractivity contribution in [3.8, 4) is 0 Å². The van der Waals surface area contributed by atoms with E-state index in [-0.39, 0.29) is 12.2 Å². The summed E-state index contributed by atoms with van der Waals surface area (Å²) in [5, 5.41) is 9.04. The van der Waals surface area contributed by atoms with Crippen molar-refractivity contribution in [2.24, 2.45) is 0 Å². The molecule has 2 atom stereocenters. The smallest absolute Gasteiger partial charge is 0.0928 e. The number of hydrogen-bond acceptors (Lipinski definition) is 3. The van der Waals surface area contributed by atoms with Crippen molar-refractivity contribution in [3.05, 3.63) is 0 Å². The van der Waals surface area contributed by atoms with Crippen LogP contribution >= 0.6 is 11.8 Å². The van der Waals surface area contributed by atoms with Crippen LogP contribution in [0.5, 0.6) is 0 Å². The highest BCUT2D eigenvalue weighted by molar-refractivity contribution is 7.99. The zero-order valence-electron chi connectivity index (χ0n) is 4.83. The van der Waals surface area contributed by atoms with Gasteiger partial charge in [-0.25, -0.2) is 0 Å². The number of aliphatic hydroxyl groups is 1. The number of rotatable bonds is 1. The average molecular weight is 134 g/mol. The van der Waals surface area contributed by atoms with E-state index >= 15 is 0 Å². The van der Waals surface area contributed by atoms with Crippen LogP contribution in [0.25, 0.3) is 0 Å². The molecule has 1 rings (SSSR count). The van der Waals surface area contributed by atoms with Crippen LogP contribution in [0.4, 0.5) is 0 Å². The van der Waals surface area contributed by atoms with Gasteiger partial charge in [0.2, 0.25) is 0 Å². The predicted octanol–water partition coefficient (Wildman–Crippen LogP) is 0.109. The summed E-state index contributed by atoms with van der Waals surface area (Å²) in [6, 6.07) is 0. The van der Waals surface area contributed by atoms with E-state index in [1.165, 1.54) is 0 Å². The van der Waals surface area contributed by atoms with Crippen LogP contribution in [0.2, 0.25) is 0 Å². The molecule has 1 aliphatic heterocycles. The molecule has 1 aliphatic rings. The van der Waals surface area contributed by atoms with Gasteiger partial charge in [0.1, 0.15) is 0 Å². The number of aliphatic hydroxyl groups excluding tert-OH is 1. The second-order valence-corrected chi connectivity index (χ2v) is 2.95. The summed E-state index contributed by atoms with van der Waals surface area (Å²) in [5.74, 6) is 1.77. The molecule has 0 aromatic rings. The largest absolute Gasteiger partial charge is 0.390 e. The highest BCUT2D eigenvalue weighted by atomic mass is 32.2. The van der Waals surface area contributed by atoms with Gasteiger partial charge in [0.15, 0.2) is 0 Å². The number of ether oxygens (including phenoxy) is 1. The zero-order valence-corrected chi connectivity index (χ0v) is 5.65. The molecule has 0 spiro atoms. The van der Waals surface area contributed by atoms with Gasteiger partial charge in [-0.2, -0.15) is 11.8 Å². The molecule has 0 bridgehead atoms. The Morgan fingerprint density at radius 3 is 2.62 bits per heavy atom. The second kappa shape index (κ2) is 2.71. The fraction of sp³-hybridized carbons (Fsp3) is 1.00. The molecule has 1 fully saturated rings. The molecule has 2 nitrogen and oxygen atoms in total. The lowest BCUT2D eigenvalue weighted by molar-refractivity contribution is 0.0218. The van der Waals surface area contributed by atoms with Gasteiger partial charge in [-0.15, -0.1) is 0 Å². The third-order valence-electron chi connectivity index (χ3n) is 1.30. The van der Waals surface area contributed by atoms with Gasteiger partial charge in [-0.05, 0) is 0 Å². The Balaban J connectivity index is 2.30. The van der Waals surface area contributed by atoms with E-state index in [1.807, 2.05) is 0 Å². The number of methoxy groups -OCH3 is 1. The van der Waals surface area contributed by atoms with Crippen LogP contribution in [0, 0.1) is 0 Å². The van der Waals surface area contributed by atoms with E-state index in [2.05, 4.69) is 0 Å². The normalized spacial score (nSPS) is 38.2. The summed E-state index contributed by atoms with van der Waals surface area (Å²) in [4.78, 5) is 0. The van der Waals surface area contributed by atoms with Crippen LogP contribution in [-0.4, -0.2) is 35.9 Å². The van der Waals surface area contributed by atoms with Gasteiger partial charge in [0.05, 0.1) is 12.2 Å². The van der Waals surface area contributed by atoms with Crippen molar-refractivity contribution in [2.45, 2.75) is 12.2 Å². The summed E-state index contributed by atoms with van der Waals surface area (Å²) in [6.45, 7) is 0. The van der Waals surface area contributed by atoms with E-state index in [4.69, 9.17) is 9.84 Å². The molecule has 8 heavy (non-hydrogen) atoms. The molecule has 3 heteroatoms. The minimum absolute atomic E-state index is 0.0833. The molecule has 0 aliphatic carbocycles. The Kier molecular flexibility index (Phi) is 2.16. The lowest BCUT2D eigenvalue weighted by Crippen LogP contribution is -2.25. The van der Waals surface area contributed by atoms with Crippen molar-refractivity contribution in [3.63, 3.8) is 0 Å². The molecule has 48 valence electrons. The Morgan fingerprint density at radius 1 is 1.62 bits per heavy atom. The molecule has 0 radical (unpaired) electrons. The SMILES string of the molecule is CO[C@H]1CSC[C@H]1O. The van der Waals surface area contributed by atoms with E-state index in [0.717, 1.165) is 11.5 Å². The molecule has 0 saturated carbocycles. The highest BCUT2D eigenvalue weighted by Crippen LogP contribution is 2.19. The summed E-state index contributed by atoms with van der Waals surface area (Å²) >= 11 is 1.74. The van der Waals surface area contributed by atoms with Crippen molar-refractivity contribution in [2.75, 3.05) is 18.6 Å². The van der Waals surface area contributed by atoms with Crippen LogP contribution in [0.1, 0.15) is 0 Å². The Hall–Kier alpha value is 0.270. The second-order valence-electron chi connectivity index (χ2n) is 1.88. The van der Waals surface area contributed by atoms with Crippen molar-refractivity contribution in [1.29, 1.82) is 0 Å². The van der Waals surface area contributed by atoms with E-state index < -0.39 is 0 Å². The van der Waals surface area contributed by atoms with Crippen molar-refractivity contribution < 1.29 is 9.84 Å². The van der Waals surface area contributed by atoms with Gasteiger partial charge in [-0.3, -0.25) is 0 Å². The molecule has 0 unspecified atom stereocenters. The van der Waals surface area contributed by atoms with Gasteiger partial charge in [0, 0.05) is 18.6 Å². The Labute approximate surface area is 53.2 Å². The maximum absolute atomic E-state index is 9.04. The van der Waals surface area contributed by atoms with Gasteiger partial charge in [-0.1, -0.05) is 0 Å². The average Bonchev–Trinajstić information content (AvgIpc) is 2.14. The number of thioether (sulfide) groups is 1. The van der Waals surface area contributed by atoms with Crippen LogP contribution in [0.3, 0.4) is 0 Å². The predicted molar refractivity (Wildman–Crippen MR) is 34.1 cm³/mol. The molecule has 1 N–H and O–H groups in total. The maximum Gasteiger partial charge on any atom is 0.0928 e. The summed E-state index contributed by atoms with van der Waals surface area (Å²) in [5.41, 5.74) is 0. The standard InChI is InChI=1S/C5H10O2S/c1-7-5-3-8-2-4(5)6/h4-6H,2-3H2,1H3/t4-,5+/m1/s1. The minimum Gasteiger partial charge on any atom is -0.390 e. The first-order chi connectivity index (χ1) is 3.84. The van der Waals surface area contributed by atoms with Crippen molar-refractivity contribution >= 4 is 11.8 Å². The van der Waals surface area contributed by atoms with Crippen LogP contribution in [0.15, 0.2) is 0 Å². The monoisotopic (exact) mass is 134 g/mol. The van der Waals surface area contributed by atoms with Gasteiger partial charge < -0.3 is 9.84 Å². The molecule has 0 aromatic heterocycles. The molecular formula is C5H10O2S. The summed E-state index contributed by atoms with van der Waals surface area (Å²) in [7, 11) is 1.64. The van der Waals surface area contributed by atoms with E-state index in [9.17, 15) is 0 Å². The lowest BCUT2D eigenvalue weighted by atomic mass is 10.3. The summed E-state index contributed by atoms with van der Waals surface area (Å²) < 4.78 is 4.95. The van der Waals surface area contributed by atoms with Crippen LogP contribution < -0.4 is 0 Å². The summed E-state index contributed by atoms with van der Waals surface area (Å²) in [6.07, 6.45) is -0.148. The first-order valence-electron chi connectivity index (χ1n) is 2.63. The third-order valence-corrected chi connectivity index (χ3v) is 2.44. The molecule has 0 amide bonds. The molecule has 1 heterocycles. The Bertz CT molecular complexity index is 76.8. The molecular weight excluding hydrogens is 124 g/mol. The third kappa shape index (κ3) is 1.16. The quantitative estimate of drug-likeness (QED) is 0.552. The maximum atomic E-state index is 9.04. The number of hydrogen-bond donors (Lipinski definition) is 1. The van der Waals surface area contributed by atoms with Crippen LogP contribution in [-0.2, 0) is 4.74 Å². The topological polar surface area (TPSA) is 29.5 Å². The van der Waals surface area contributed by atoms with Crippen molar-refractivity contribution in [1.82, 2.24) is 0 Å². The Morgan fingerprint density at radius 2 is 2.38 bits per heavy atom. The van der Waals surface area contributed by atoms with Gasteiger partial charge >= 0.3 is 0 Å². The van der Waals surface area contributed by atoms with E-state index in [1.54, 1.807) is 18.9 Å². The highest BCUT2D eigenvalue weighted by Gasteiger charge is 2.24. The fourth-order valence-corrected chi connectivity index (χ4v) is 1.93. The van der Waals surface area contributed by atoms with E-state index in [0.29, 0.717) is 0 Å². The van der Waals surface area contributed by atoms with Gasteiger partial charge in [0.25, 0.3) is 0 Å². The lowest BCUT2D eigenvalue weighted by Gasteiger charge is -2.09. The zero-order chi connectivity index (χ0) is 5.98. The fourth-order valence-electron chi connectivity index (χ4n) is 0.748. The molecule has 0 aromatic carbocycles. The minimum atomic E-state index is -0.231. The molecule has 1 saturated heterocycles. The first-order valence-corrected chi connectivity index (χ1v) is 3.78.